The summed E-state index contributed by atoms with van der Waals surface area (Å²) in [4.78, 5) is 10.8. The van der Waals surface area contributed by atoms with Gasteiger partial charge in [-0.15, -0.1) is 0 Å². The average molecular weight is 245 g/mol. The molecule has 1 aromatic rings. The molecule has 94 valence electrons. The van der Waals surface area contributed by atoms with Gasteiger partial charge in [0.25, 0.3) is 0 Å². The number of rotatable bonds is 5. The maximum absolute atomic E-state index is 13.0. The summed E-state index contributed by atoms with van der Waals surface area (Å²) >= 11 is 0. The highest BCUT2D eigenvalue weighted by molar-refractivity contribution is 5.69. The van der Waals surface area contributed by atoms with Gasteiger partial charge in [0.1, 0.15) is 11.4 Å². The number of halogens is 2. The summed E-state index contributed by atoms with van der Waals surface area (Å²) in [6, 6.07) is 1.99. The number of benzene rings is 1. The zero-order chi connectivity index (χ0) is 12.8. The van der Waals surface area contributed by atoms with Crippen LogP contribution in [-0.4, -0.2) is 19.7 Å². The lowest BCUT2D eigenvalue weighted by molar-refractivity contribution is -0.140. The highest BCUT2D eigenvalue weighted by atomic mass is 19.1. The number of carbonyl (C=O) groups is 1. The number of methoxy groups -OCH3 is 1. The molecular formula is C11H13F2NO3. The molecule has 0 heterocycles. The Bertz CT molecular complexity index is 387. The zero-order valence-corrected chi connectivity index (χ0v) is 9.33. The van der Waals surface area contributed by atoms with Crippen molar-refractivity contribution >= 4 is 11.7 Å². The summed E-state index contributed by atoms with van der Waals surface area (Å²) in [6.07, 6.45) is 0.594. The van der Waals surface area contributed by atoms with Crippen LogP contribution in [0.5, 0.6) is 5.75 Å². The molecule has 0 aliphatic carbocycles. The number of ether oxygens (including phenoxy) is 2. The minimum atomic E-state index is -0.868. The molecule has 0 aliphatic heterocycles. The number of carbonyl (C=O) groups excluding carboxylic acids is 1. The minimum absolute atomic E-state index is 0.0408. The first-order valence-electron chi connectivity index (χ1n) is 4.98. The van der Waals surface area contributed by atoms with Gasteiger partial charge in [-0.3, -0.25) is 4.79 Å². The van der Waals surface area contributed by atoms with E-state index in [2.05, 4.69) is 4.74 Å². The van der Waals surface area contributed by atoms with E-state index in [0.717, 1.165) is 12.1 Å². The molecule has 17 heavy (non-hydrogen) atoms. The fourth-order valence-electron chi connectivity index (χ4n) is 1.15. The van der Waals surface area contributed by atoms with E-state index in [4.69, 9.17) is 10.5 Å². The van der Waals surface area contributed by atoms with Crippen molar-refractivity contribution in [2.75, 3.05) is 19.5 Å². The SMILES string of the molecule is COC(=O)CCCOc1cc(F)c(N)c(F)c1. The number of hydrogen-bond donors (Lipinski definition) is 1. The molecule has 0 saturated heterocycles. The third-order valence-electron chi connectivity index (χ3n) is 2.07. The number of esters is 1. The molecule has 0 bridgehead atoms. The monoisotopic (exact) mass is 245 g/mol. The highest BCUT2D eigenvalue weighted by Crippen LogP contribution is 2.22. The molecule has 4 nitrogen and oxygen atoms in total. The molecular weight excluding hydrogens is 232 g/mol. The Morgan fingerprint density at radius 3 is 2.47 bits per heavy atom. The van der Waals surface area contributed by atoms with Crippen LogP contribution >= 0.6 is 0 Å². The van der Waals surface area contributed by atoms with Crippen LogP contribution in [0.15, 0.2) is 12.1 Å². The summed E-state index contributed by atoms with van der Waals surface area (Å²) in [5.74, 6) is -2.05. The van der Waals surface area contributed by atoms with Crippen LogP contribution in [0.25, 0.3) is 0 Å². The maximum Gasteiger partial charge on any atom is 0.305 e. The van der Waals surface area contributed by atoms with Gasteiger partial charge in [0.15, 0.2) is 11.6 Å². The Balaban J connectivity index is 2.45. The van der Waals surface area contributed by atoms with Crippen molar-refractivity contribution in [1.29, 1.82) is 0 Å². The Morgan fingerprint density at radius 2 is 1.94 bits per heavy atom. The first-order valence-corrected chi connectivity index (χ1v) is 4.98. The molecule has 0 atom stereocenters. The third-order valence-corrected chi connectivity index (χ3v) is 2.07. The summed E-state index contributed by atoms with van der Waals surface area (Å²) in [7, 11) is 1.29. The van der Waals surface area contributed by atoms with E-state index in [1.807, 2.05) is 0 Å². The van der Waals surface area contributed by atoms with E-state index in [1.165, 1.54) is 7.11 Å². The van der Waals surface area contributed by atoms with Crippen molar-refractivity contribution in [2.24, 2.45) is 0 Å². The average Bonchev–Trinajstić information content (AvgIpc) is 2.31. The van der Waals surface area contributed by atoms with E-state index in [1.54, 1.807) is 0 Å². The second kappa shape index (κ2) is 6.03. The first-order chi connectivity index (χ1) is 8.04. The van der Waals surface area contributed by atoms with E-state index >= 15 is 0 Å². The van der Waals surface area contributed by atoms with Crippen LogP contribution < -0.4 is 10.5 Å². The lowest BCUT2D eigenvalue weighted by Crippen LogP contribution is -2.05. The summed E-state index contributed by atoms with van der Waals surface area (Å²) in [5, 5.41) is 0. The van der Waals surface area contributed by atoms with Crippen LogP contribution in [0.2, 0.25) is 0 Å². The molecule has 0 fully saturated rings. The van der Waals surface area contributed by atoms with Gasteiger partial charge < -0.3 is 15.2 Å². The van der Waals surface area contributed by atoms with Gasteiger partial charge in [-0.05, 0) is 6.42 Å². The normalized spacial score (nSPS) is 10.1. The van der Waals surface area contributed by atoms with Crippen molar-refractivity contribution in [2.45, 2.75) is 12.8 Å². The van der Waals surface area contributed by atoms with E-state index in [9.17, 15) is 13.6 Å². The smallest absolute Gasteiger partial charge is 0.305 e. The van der Waals surface area contributed by atoms with Gasteiger partial charge in [0.2, 0.25) is 0 Å². The quantitative estimate of drug-likeness (QED) is 0.488. The lowest BCUT2D eigenvalue weighted by atomic mass is 10.2. The molecule has 0 unspecified atom stereocenters. The number of hydrogen-bond acceptors (Lipinski definition) is 4. The molecule has 6 heteroatoms. The number of anilines is 1. The molecule has 2 N–H and O–H groups in total. The number of nitrogens with two attached hydrogens (primary N) is 1. The lowest BCUT2D eigenvalue weighted by Gasteiger charge is -2.07. The molecule has 0 radical (unpaired) electrons. The summed E-state index contributed by atoms with van der Waals surface area (Å²) < 4.78 is 35.5. The van der Waals surface area contributed by atoms with Gasteiger partial charge in [-0.2, -0.15) is 0 Å². The summed E-state index contributed by atoms with van der Waals surface area (Å²) in [6.45, 7) is 0.165. The fourth-order valence-corrected chi connectivity index (χ4v) is 1.15. The zero-order valence-electron chi connectivity index (χ0n) is 9.33. The predicted molar refractivity (Wildman–Crippen MR) is 57.5 cm³/mol. The summed E-state index contributed by atoms with van der Waals surface area (Å²) in [5.41, 5.74) is 4.56. The van der Waals surface area contributed by atoms with Crippen molar-refractivity contribution in [1.82, 2.24) is 0 Å². The van der Waals surface area contributed by atoms with Crippen molar-refractivity contribution in [3.63, 3.8) is 0 Å². The van der Waals surface area contributed by atoms with Crippen LogP contribution in [0, 0.1) is 11.6 Å². The molecule has 1 rings (SSSR count). The third kappa shape index (κ3) is 3.90. The van der Waals surface area contributed by atoms with Gasteiger partial charge in [-0.25, -0.2) is 8.78 Å². The second-order valence-corrected chi connectivity index (χ2v) is 3.33. The topological polar surface area (TPSA) is 61.5 Å². The van der Waals surface area contributed by atoms with Crippen LogP contribution in [0.1, 0.15) is 12.8 Å². The van der Waals surface area contributed by atoms with Crippen LogP contribution in [0.4, 0.5) is 14.5 Å². The molecule has 0 saturated carbocycles. The van der Waals surface area contributed by atoms with E-state index in [-0.39, 0.29) is 24.7 Å². The van der Waals surface area contributed by atoms with E-state index < -0.39 is 17.3 Å². The van der Waals surface area contributed by atoms with Gasteiger partial charge in [-0.1, -0.05) is 0 Å². The van der Waals surface area contributed by atoms with Gasteiger partial charge in [0, 0.05) is 18.6 Å². The van der Waals surface area contributed by atoms with Crippen molar-refractivity contribution < 1.29 is 23.0 Å². The van der Waals surface area contributed by atoms with Crippen molar-refractivity contribution in [3.8, 4) is 5.75 Å². The van der Waals surface area contributed by atoms with Crippen molar-refractivity contribution in [3.05, 3.63) is 23.8 Å². The standard InChI is InChI=1S/C11H13F2NO3/c1-16-10(15)3-2-4-17-7-5-8(12)11(14)9(13)6-7/h5-6H,2-4,14H2,1H3. The van der Waals surface area contributed by atoms with Gasteiger partial charge in [0.05, 0.1) is 13.7 Å². The maximum atomic E-state index is 13.0. The Morgan fingerprint density at radius 1 is 1.35 bits per heavy atom. The molecule has 0 spiro atoms. The Hall–Kier alpha value is -1.85. The Kier molecular flexibility index (Phi) is 4.68. The molecule has 0 amide bonds. The molecule has 1 aromatic carbocycles. The van der Waals surface area contributed by atoms with Crippen LogP contribution in [-0.2, 0) is 9.53 Å². The molecule has 0 aromatic heterocycles. The largest absolute Gasteiger partial charge is 0.493 e. The fraction of sp³-hybridized carbons (Fsp3) is 0.364. The number of nitrogen functional groups attached to an aromatic ring is 1. The highest BCUT2D eigenvalue weighted by Gasteiger charge is 2.08. The molecule has 0 aliphatic rings. The minimum Gasteiger partial charge on any atom is -0.493 e. The van der Waals surface area contributed by atoms with Crippen LogP contribution in [0.3, 0.4) is 0 Å². The van der Waals surface area contributed by atoms with E-state index in [0.29, 0.717) is 6.42 Å². The second-order valence-electron chi connectivity index (χ2n) is 3.33. The van der Waals surface area contributed by atoms with Gasteiger partial charge >= 0.3 is 5.97 Å². The predicted octanol–water partition coefficient (Wildman–Crippen LogP) is 1.88. The Labute approximate surface area is 97.3 Å². The first kappa shape index (κ1) is 13.2.